The van der Waals surface area contributed by atoms with Crippen LogP contribution in [0.5, 0.6) is 0 Å². The second-order valence-electron chi connectivity index (χ2n) is 8.27. The number of Topliss-reactive ketones (excluding diaryl/α,β-unsaturated/α-hetero) is 1. The van der Waals surface area contributed by atoms with Gasteiger partial charge in [0.2, 0.25) is 0 Å². The highest BCUT2D eigenvalue weighted by molar-refractivity contribution is 5.99. The molecule has 4 nitrogen and oxygen atoms in total. The summed E-state index contributed by atoms with van der Waals surface area (Å²) in [5, 5.41) is 0. The van der Waals surface area contributed by atoms with Crippen LogP contribution in [0, 0.1) is 12.7 Å². The zero-order valence-corrected chi connectivity index (χ0v) is 18.2. The highest BCUT2D eigenvalue weighted by Gasteiger charge is 2.26. The fourth-order valence-corrected chi connectivity index (χ4v) is 4.36. The Bertz CT molecular complexity index is 1080. The maximum Gasteiger partial charge on any atom is 0.163 e. The molecule has 0 atom stereocenters. The van der Waals surface area contributed by atoms with E-state index in [1.807, 2.05) is 31.2 Å². The number of aromatic nitrogens is 2. The molecule has 0 unspecified atom stereocenters. The van der Waals surface area contributed by atoms with Crippen LogP contribution >= 0.6 is 0 Å². The number of aryl methyl sites for hydroxylation is 1. The summed E-state index contributed by atoms with van der Waals surface area (Å²) >= 11 is 0. The number of hydrogen-bond acceptors (Lipinski definition) is 4. The normalized spacial score (nSPS) is 12.8. The topological polar surface area (TPSA) is 46.1 Å². The highest BCUT2D eigenvalue weighted by Crippen LogP contribution is 2.36. The van der Waals surface area contributed by atoms with Crippen molar-refractivity contribution in [3.05, 3.63) is 82.6 Å². The second-order valence-corrected chi connectivity index (χ2v) is 8.27. The van der Waals surface area contributed by atoms with Gasteiger partial charge in [0, 0.05) is 36.7 Å². The van der Waals surface area contributed by atoms with E-state index >= 15 is 0 Å². The van der Waals surface area contributed by atoms with Gasteiger partial charge in [0.1, 0.15) is 18.0 Å². The zero-order valence-electron chi connectivity index (χ0n) is 18.2. The van der Waals surface area contributed by atoms with Gasteiger partial charge in [-0.15, -0.1) is 0 Å². The van der Waals surface area contributed by atoms with Crippen molar-refractivity contribution >= 4 is 17.3 Å². The summed E-state index contributed by atoms with van der Waals surface area (Å²) in [7, 11) is 0. The van der Waals surface area contributed by atoms with Gasteiger partial charge in [0.05, 0.1) is 5.69 Å². The summed E-state index contributed by atoms with van der Waals surface area (Å²) in [6.45, 7) is 4.82. The van der Waals surface area contributed by atoms with Crippen LogP contribution in [0.25, 0.3) is 0 Å². The Morgan fingerprint density at radius 1 is 1.13 bits per heavy atom. The SMILES string of the molecule is CCCCCC(=O)c1cccc2c1CCN2c1cc(Cc2cc(C)cc(F)c2)ncn1. The van der Waals surface area contributed by atoms with E-state index in [0.29, 0.717) is 12.8 Å². The highest BCUT2D eigenvalue weighted by atomic mass is 19.1. The number of carbonyl (C=O) groups excluding carboxylic acids is 1. The minimum atomic E-state index is -0.228. The number of rotatable bonds is 8. The van der Waals surface area contributed by atoms with Crippen molar-refractivity contribution < 1.29 is 9.18 Å². The monoisotopic (exact) mass is 417 g/mol. The number of halogens is 1. The molecule has 0 N–H and O–H groups in total. The summed E-state index contributed by atoms with van der Waals surface area (Å²) in [6, 6.07) is 13.0. The molecule has 0 saturated carbocycles. The first-order valence-corrected chi connectivity index (χ1v) is 11.0. The van der Waals surface area contributed by atoms with Crippen molar-refractivity contribution in [1.29, 1.82) is 0 Å². The van der Waals surface area contributed by atoms with Crippen LogP contribution in [-0.4, -0.2) is 22.3 Å². The summed E-state index contributed by atoms with van der Waals surface area (Å²) in [5.41, 5.74) is 5.64. The van der Waals surface area contributed by atoms with Gasteiger partial charge in [-0.3, -0.25) is 4.79 Å². The Hall–Kier alpha value is -3.08. The number of fused-ring (bicyclic) bond motifs is 1. The molecular weight excluding hydrogens is 389 g/mol. The molecule has 4 rings (SSSR count). The molecule has 0 bridgehead atoms. The molecule has 0 aliphatic carbocycles. The van der Waals surface area contributed by atoms with Gasteiger partial charge in [-0.1, -0.05) is 38.0 Å². The molecule has 5 heteroatoms. The molecule has 1 aliphatic rings. The van der Waals surface area contributed by atoms with Crippen LogP contribution in [0.15, 0.2) is 48.8 Å². The minimum Gasteiger partial charge on any atom is -0.326 e. The number of nitrogens with zero attached hydrogens (tertiary/aromatic N) is 3. The van der Waals surface area contributed by atoms with E-state index in [1.165, 1.54) is 6.07 Å². The van der Waals surface area contributed by atoms with Crippen LogP contribution in [-0.2, 0) is 12.8 Å². The Morgan fingerprint density at radius 3 is 2.81 bits per heavy atom. The molecule has 0 fully saturated rings. The Labute approximate surface area is 183 Å². The molecule has 0 amide bonds. The quantitative estimate of drug-likeness (QED) is 0.334. The van der Waals surface area contributed by atoms with E-state index in [4.69, 9.17) is 0 Å². The fourth-order valence-electron chi connectivity index (χ4n) is 4.36. The molecule has 0 saturated heterocycles. The lowest BCUT2D eigenvalue weighted by atomic mass is 9.98. The number of benzene rings is 2. The molecule has 1 aromatic heterocycles. The van der Waals surface area contributed by atoms with Gasteiger partial charge in [0.25, 0.3) is 0 Å². The van der Waals surface area contributed by atoms with Gasteiger partial charge in [-0.2, -0.15) is 0 Å². The zero-order chi connectivity index (χ0) is 21.8. The molecule has 160 valence electrons. The van der Waals surface area contributed by atoms with E-state index < -0.39 is 0 Å². The summed E-state index contributed by atoms with van der Waals surface area (Å²) in [6.07, 6.45) is 6.68. The molecule has 31 heavy (non-hydrogen) atoms. The molecule has 0 spiro atoms. The number of hydrogen-bond donors (Lipinski definition) is 0. The van der Waals surface area contributed by atoms with Crippen molar-refractivity contribution in [3.63, 3.8) is 0 Å². The maximum atomic E-state index is 13.8. The largest absolute Gasteiger partial charge is 0.326 e. The lowest BCUT2D eigenvalue weighted by molar-refractivity contribution is 0.0978. The Balaban J connectivity index is 1.57. The van der Waals surface area contributed by atoms with E-state index in [-0.39, 0.29) is 11.6 Å². The van der Waals surface area contributed by atoms with Crippen LogP contribution in [0.4, 0.5) is 15.9 Å². The average molecular weight is 418 g/mol. The van der Waals surface area contributed by atoms with Crippen molar-refractivity contribution in [1.82, 2.24) is 9.97 Å². The van der Waals surface area contributed by atoms with Crippen LogP contribution in [0.2, 0.25) is 0 Å². The predicted molar refractivity (Wildman–Crippen MR) is 122 cm³/mol. The summed E-state index contributed by atoms with van der Waals surface area (Å²) in [5.74, 6) is 0.818. The molecule has 2 aromatic carbocycles. The number of unbranched alkanes of at least 4 members (excludes halogenated alkanes) is 2. The van der Waals surface area contributed by atoms with E-state index in [2.05, 4.69) is 27.9 Å². The van der Waals surface area contributed by atoms with E-state index in [0.717, 1.165) is 71.7 Å². The van der Waals surface area contributed by atoms with Crippen molar-refractivity contribution in [2.75, 3.05) is 11.4 Å². The standard InChI is InChI=1S/C26H28FN3O/c1-3-4-5-9-25(31)23-7-6-8-24-22(23)10-11-30(24)26-16-21(28-17-29-26)15-19-12-18(2)13-20(27)14-19/h6-8,12-14,16-17H,3-5,9-11,15H2,1-2H3. The Kier molecular flexibility index (Phi) is 6.40. The van der Waals surface area contributed by atoms with Gasteiger partial charge < -0.3 is 4.90 Å². The third-order valence-corrected chi connectivity index (χ3v) is 5.81. The van der Waals surface area contributed by atoms with Gasteiger partial charge >= 0.3 is 0 Å². The number of anilines is 2. The average Bonchev–Trinajstić information content (AvgIpc) is 3.17. The van der Waals surface area contributed by atoms with Crippen LogP contribution < -0.4 is 4.90 Å². The number of carbonyl (C=O) groups is 1. The molecule has 2 heterocycles. The first kappa shape index (κ1) is 21.2. The van der Waals surface area contributed by atoms with Crippen molar-refractivity contribution in [2.45, 2.75) is 52.4 Å². The smallest absolute Gasteiger partial charge is 0.163 e. The van der Waals surface area contributed by atoms with Crippen molar-refractivity contribution in [3.8, 4) is 0 Å². The van der Waals surface area contributed by atoms with Crippen molar-refractivity contribution in [2.24, 2.45) is 0 Å². The third-order valence-electron chi connectivity index (χ3n) is 5.81. The third kappa shape index (κ3) is 4.82. The fraction of sp³-hybridized carbons (Fsp3) is 0.346. The lowest BCUT2D eigenvalue weighted by Crippen LogP contribution is -2.15. The first-order valence-electron chi connectivity index (χ1n) is 11.0. The molecule has 1 aliphatic heterocycles. The summed E-state index contributed by atoms with van der Waals surface area (Å²) in [4.78, 5) is 23.8. The first-order chi connectivity index (χ1) is 15.0. The van der Waals surface area contributed by atoms with E-state index in [9.17, 15) is 9.18 Å². The maximum absolute atomic E-state index is 13.8. The molecular formula is C26H28FN3O. The summed E-state index contributed by atoms with van der Waals surface area (Å²) < 4.78 is 13.8. The van der Waals surface area contributed by atoms with E-state index in [1.54, 1.807) is 12.4 Å². The lowest BCUT2D eigenvalue weighted by Gasteiger charge is -2.19. The number of ketones is 1. The van der Waals surface area contributed by atoms with Gasteiger partial charge in [-0.05, 0) is 54.7 Å². The minimum absolute atomic E-state index is 0.228. The molecule has 0 radical (unpaired) electrons. The predicted octanol–water partition coefficient (Wildman–Crippen LogP) is 5.97. The van der Waals surface area contributed by atoms with Gasteiger partial charge in [-0.25, -0.2) is 14.4 Å². The molecule has 3 aromatic rings. The Morgan fingerprint density at radius 2 is 2.00 bits per heavy atom. The van der Waals surface area contributed by atoms with Crippen LogP contribution in [0.3, 0.4) is 0 Å². The van der Waals surface area contributed by atoms with Gasteiger partial charge in [0.15, 0.2) is 5.78 Å². The van der Waals surface area contributed by atoms with Crippen LogP contribution in [0.1, 0.15) is 65.3 Å². The second kappa shape index (κ2) is 9.38.